The summed E-state index contributed by atoms with van der Waals surface area (Å²) in [4.78, 5) is 28.8. The Morgan fingerprint density at radius 2 is 2.04 bits per heavy atom. The third-order valence-corrected chi connectivity index (χ3v) is 3.76. The highest BCUT2D eigenvalue weighted by Gasteiger charge is 2.08. The van der Waals surface area contributed by atoms with Crippen molar-refractivity contribution in [3.8, 4) is 5.75 Å². The molecule has 3 aromatic rings. The Morgan fingerprint density at radius 1 is 1.25 bits per heavy atom. The molecular weight excluding hydrogens is 306 g/mol. The zero-order chi connectivity index (χ0) is 17.1. The highest BCUT2D eigenvalue weighted by molar-refractivity contribution is 5.90. The van der Waals surface area contributed by atoms with Gasteiger partial charge in [-0.1, -0.05) is 18.2 Å². The molecule has 0 aliphatic heterocycles. The van der Waals surface area contributed by atoms with Crippen LogP contribution in [0, 0.1) is 6.92 Å². The third-order valence-electron chi connectivity index (χ3n) is 3.76. The normalized spacial score (nSPS) is 10.7. The summed E-state index contributed by atoms with van der Waals surface area (Å²) >= 11 is 0. The van der Waals surface area contributed by atoms with Gasteiger partial charge in [-0.15, -0.1) is 0 Å². The van der Waals surface area contributed by atoms with Crippen molar-refractivity contribution in [2.75, 3.05) is 5.32 Å². The molecule has 0 aliphatic carbocycles. The second-order valence-electron chi connectivity index (χ2n) is 5.56. The van der Waals surface area contributed by atoms with E-state index in [2.05, 4.69) is 10.3 Å². The number of carbonyl (C=O) groups excluding carboxylic acids is 1. The number of phenolic OH excluding ortho intramolecular Hbond substituents is 1. The van der Waals surface area contributed by atoms with E-state index >= 15 is 0 Å². The van der Waals surface area contributed by atoms with Crippen molar-refractivity contribution in [2.45, 2.75) is 19.9 Å². The number of rotatable bonds is 4. The summed E-state index contributed by atoms with van der Waals surface area (Å²) in [5.74, 6) is -0.157. The van der Waals surface area contributed by atoms with Crippen LogP contribution in [0.25, 0.3) is 10.9 Å². The lowest BCUT2D eigenvalue weighted by Gasteiger charge is -2.08. The molecule has 0 saturated carbocycles. The number of phenols is 1. The largest absolute Gasteiger partial charge is 0.508 e. The number of aryl methyl sites for hydroxylation is 2. The van der Waals surface area contributed by atoms with Gasteiger partial charge in [-0.25, -0.2) is 4.98 Å². The molecule has 0 radical (unpaired) electrons. The van der Waals surface area contributed by atoms with Gasteiger partial charge in [0.25, 0.3) is 5.56 Å². The molecule has 6 heteroatoms. The first kappa shape index (κ1) is 15.7. The molecule has 2 N–H and O–H groups in total. The lowest BCUT2D eigenvalue weighted by Crippen LogP contribution is -2.23. The summed E-state index contributed by atoms with van der Waals surface area (Å²) in [6.45, 7) is 2.14. The number of aromatic nitrogens is 2. The van der Waals surface area contributed by atoms with E-state index in [-0.39, 0.29) is 30.2 Å². The number of aromatic hydroxyl groups is 1. The van der Waals surface area contributed by atoms with Crippen LogP contribution < -0.4 is 10.9 Å². The van der Waals surface area contributed by atoms with Crippen molar-refractivity contribution < 1.29 is 9.90 Å². The fraction of sp³-hybridized carbons (Fsp3) is 0.167. The molecule has 6 nitrogen and oxygen atoms in total. The fourth-order valence-electron chi connectivity index (χ4n) is 2.53. The van der Waals surface area contributed by atoms with Crippen LogP contribution in [0.2, 0.25) is 0 Å². The van der Waals surface area contributed by atoms with Crippen molar-refractivity contribution in [3.05, 3.63) is 64.7 Å². The monoisotopic (exact) mass is 323 g/mol. The highest BCUT2D eigenvalue weighted by atomic mass is 16.3. The number of para-hydroxylation sites is 1. The average molecular weight is 323 g/mol. The first-order chi connectivity index (χ1) is 11.5. The van der Waals surface area contributed by atoms with Gasteiger partial charge >= 0.3 is 0 Å². The molecule has 1 amide bonds. The Balaban J connectivity index is 1.73. The molecule has 0 atom stereocenters. The molecule has 1 heterocycles. The minimum absolute atomic E-state index is 0.0816. The average Bonchev–Trinajstić information content (AvgIpc) is 2.55. The molecule has 2 aromatic carbocycles. The lowest BCUT2D eigenvalue weighted by molar-refractivity contribution is -0.116. The van der Waals surface area contributed by atoms with E-state index in [0.29, 0.717) is 16.6 Å². The first-order valence-electron chi connectivity index (χ1n) is 7.58. The van der Waals surface area contributed by atoms with Gasteiger partial charge in [0.1, 0.15) is 5.75 Å². The van der Waals surface area contributed by atoms with Gasteiger partial charge in [0, 0.05) is 24.7 Å². The molecule has 0 bridgehead atoms. The number of hydrogen-bond acceptors (Lipinski definition) is 4. The maximum Gasteiger partial charge on any atom is 0.261 e. The van der Waals surface area contributed by atoms with E-state index in [1.165, 1.54) is 23.0 Å². The standard InChI is InChI=1S/C18H17N3O3/c1-12-4-2-7-15-17(12)19-11-21(18(15)24)9-8-16(23)20-13-5-3-6-14(22)10-13/h2-7,10-11,22H,8-9H2,1H3,(H,20,23). The number of hydrogen-bond donors (Lipinski definition) is 2. The Bertz CT molecular complexity index is 963. The number of benzene rings is 2. The zero-order valence-electron chi connectivity index (χ0n) is 13.2. The zero-order valence-corrected chi connectivity index (χ0v) is 13.2. The maximum absolute atomic E-state index is 12.5. The van der Waals surface area contributed by atoms with Gasteiger partial charge in [0.2, 0.25) is 5.91 Å². The molecule has 1 aromatic heterocycles. The van der Waals surface area contributed by atoms with Crippen LogP contribution in [0.3, 0.4) is 0 Å². The molecular formula is C18H17N3O3. The Labute approximate surface area is 138 Å². The van der Waals surface area contributed by atoms with Crippen LogP contribution in [-0.2, 0) is 11.3 Å². The van der Waals surface area contributed by atoms with Crippen LogP contribution in [0.4, 0.5) is 5.69 Å². The fourth-order valence-corrected chi connectivity index (χ4v) is 2.53. The predicted molar refractivity (Wildman–Crippen MR) is 92.1 cm³/mol. The van der Waals surface area contributed by atoms with Gasteiger partial charge in [-0.05, 0) is 30.7 Å². The van der Waals surface area contributed by atoms with Gasteiger partial charge in [-0.3, -0.25) is 14.2 Å². The summed E-state index contributed by atoms with van der Waals surface area (Å²) in [6.07, 6.45) is 1.61. The van der Waals surface area contributed by atoms with E-state index in [0.717, 1.165) is 5.56 Å². The van der Waals surface area contributed by atoms with Crippen LogP contribution in [0.1, 0.15) is 12.0 Å². The van der Waals surface area contributed by atoms with E-state index in [9.17, 15) is 14.7 Å². The number of fused-ring (bicyclic) bond motifs is 1. The van der Waals surface area contributed by atoms with E-state index < -0.39 is 0 Å². The molecule has 0 saturated heterocycles. The molecule has 0 fully saturated rings. The van der Waals surface area contributed by atoms with E-state index in [1.54, 1.807) is 18.2 Å². The second-order valence-corrected chi connectivity index (χ2v) is 5.56. The first-order valence-corrected chi connectivity index (χ1v) is 7.58. The van der Waals surface area contributed by atoms with Crippen LogP contribution in [-0.4, -0.2) is 20.6 Å². The number of carbonyl (C=O) groups is 1. The summed E-state index contributed by atoms with van der Waals surface area (Å²) < 4.78 is 1.43. The van der Waals surface area contributed by atoms with Crippen molar-refractivity contribution in [1.82, 2.24) is 9.55 Å². The van der Waals surface area contributed by atoms with Gasteiger partial charge in [-0.2, -0.15) is 0 Å². The quantitative estimate of drug-likeness (QED) is 0.772. The number of amides is 1. The van der Waals surface area contributed by atoms with Crippen molar-refractivity contribution in [1.29, 1.82) is 0 Å². The summed E-state index contributed by atoms with van der Waals surface area (Å²) in [5, 5.41) is 12.6. The topological polar surface area (TPSA) is 84.2 Å². The molecule has 0 unspecified atom stereocenters. The van der Waals surface area contributed by atoms with Gasteiger partial charge in [0.15, 0.2) is 0 Å². The third kappa shape index (κ3) is 3.27. The SMILES string of the molecule is Cc1cccc2c(=O)n(CCC(=O)Nc3cccc(O)c3)cnc12. The number of nitrogens with one attached hydrogen (secondary N) is 1. The molecule has 24 heavy (non-hydrogen) atoms. The summed E-state index contributed by atoms with van der Waals surface area (Å²) in [5.41, 5.74) is 1.98. The molecule has 122 valence electrons. The Kier molecular flexibility index (Phi) is 4.29. The van der Waals surface area contributed by atoms with Crippen LogP contribution in [0.15, 0.2) is 53.6 Å². The summed E-state index contributed by atoms with van der Waals surface area (Å²) in [7, 11) is 0. The maximum atomic E-state index is 12.5. The smallest absolute Gasteiger partial charge is 0.261 e. The van der Waals surface area contributed by atoms with Crippen LogP contribution >= 0.6 is 0 Å². The van der Waals surface area contributed by atoms with Crippen molar-refractivity contribution in [3.63, 3.8) is 0 Å². The number of anilines is 1. The lowest BCUT2D eigenvalue weighted by atomic mass is 10.1. The minimum atomic E-state index is -0.239. The molecule has 3 rings (SSSR count). The van der Waals surface area contributed by atoms with Crippen LogP contribution in [0.5, 0.6) is 5.75 Å². The van der Waals surface area contributed by atoms with Crippen molar-refractivity contribution >= 4 is 22.5 Å². The molecule has 0 aliphatic rings. The van der Waals surface area contributed by atoms with Crippen molar-refractivity contribution in [2.24, 2.45) is 0 Å². The highest BCUT2D eigenvalue weighted by Crippen LogP contribution is 2.15. The minimum Gasteiger partial charge on any atom is -0.508 e. The Morgan fingerprint density at radius 3 is 2.83 bits per heavy atom. The summed E-state index contributed by atoms with van der Waals surface area (Å²) in [6, 6.07) is 11.8. The van der Waals surface area contributed by atoms with E-state index in [1.807, 2.05) is 19.1 Å². The van der Waals surface area contributed by atoms with Gasteiger partial charge < -0.3 is 10.4 Å². The predicted octanol–water partition coefficient (Wildman–Crippen LogP) is 2.44. The molecule has 0 spiro atoms. The second kappa shape index (κ2) is 6.54. The van der Waals surface area contributed by atoms with E-state index in [4.69, 9.17) is 0 Å². The van der Waals surface area contributed by atoms with Gasteiger partial charge in [0.05, 0.1) is 17.2 Å². The number of nitrogens with zero attached hydrogens (tertiary/aromatic N) is 2. The Hall–Kier alpha value is -3.15.